The van der Waals surface area contributed by atoms with Gasteiger partial charge in [0.05, 0.1) is 12.3 Å². The molecule has 1 aliphatic heterocycles. The van der Waals surface area contributed by atoms with Gasteiger partial charge >= 0.3 is 6.18 Å². The molecule has 0 atom stereocenters. The molecule has 1 aromatic rings. The van der Waals surface area contributed by atoms with Crippen LogP contribution in [0.5, 0.6) is 0 Å². The standard InChI is InChI=1S/C15H19F3N2OS/c16-15(17,18)12-19-6-8-20(9-7-19)14(21)11-22-10-13-4-2-1-3-5-13/h1-5H,6-12H2. The molecule has 1 aliphatic rings. The van der Waals surface area contributed by atoms with Gasteiger partial charge in [0.25, 0.3) is 0 Å². The van der Waals surface area contributed by atoms with Crippen molar-refractivity contribution in [3.05, 3.63) is 35.9 Å². The molecule has 1 heterocycles. The van der Waals surface area contributed by atoms with E-state index in [1.165, 1.54) is 16.7 Å². The topological polar surface area (TPSA) is 23.6 Å². The molecule has 0 bridgehead atoms. The number of hydrogen-bond donors (Lipinski definition) is 0. The normalized spacial score (nSPS) is 16.8. The van der Waals surface area contributed by atoms with Gasteiger partial charge in [-0.3, -0.25) is 9.69 Å². The van der Waals surface area contributed by atoms with Crippen LogP contribution in [0.4, 0.5) is 13.2 Å². The maximum atomic E-state index is 12.3. The first-order valence-electron chi connectivity index (χ1n) is 7.12. The zero-order chi connectivity index (χ0) is 16.0. The number of rotatable bonds is 5. The molecule has 0 spiro atoms. The summed E-state index contributed by atoms with van der Waals surface area (Å²) in [5.41, 5.74) is 1.16. The molecular weight excluding hydrogens is 313 g/mol. The van der Waals surface area contributed by atoms with E-state index in [9.17, 15) is 18.0 Å². The number of hydrogen-bond acceptors (Lipinski definition) is 3. The number of carbonyl (C=O) groups is 1. The Morgan fingerprint density at radius 1 is 1.09 bits per heavy atom. The number of thioether (sulfide) groups is 1. The van der Waals surface area contributed by atoms with Crippen LogP contribution in [0.3, 0.4) is 0 Å². The zero-order valence-electron chi connectivity index (χ0n) is 12.2. The third-order valence-electron chi connectivity index (χ3n) is 3.46. The molecule has 22 heavy (non-hydrogen) atoms. The van der Waals surface area contributed by atoms with Gasteiger partial charge in [0.15, 0.2) is 0 Å². The van der Waals surface area contributed by atoms with E-state index in [4.69, 9.17) is 0 Å². The summed E-state index contributed by atoms with van der Waals surface area (Å²) in [6.07, 6.45) is -4.17. The van der Waals surface area contributed by atoms with Crippen molar-refractivity contribution in [1.29, 1.82) is 0 Å². The van der Waals surface area contributed by atoms with Gasteiger partial charge in [-0.25, -0.2) is 0 Å². The molecule has 0 unspecified atom stereocenters. The van der Waals surface area contributed by atoms with E-state index >= 15 is 0 Å². The third kappa shape index (κ3) is 5.88. The molecular formula is C15H19F3N2OS. The average molecular weight is 332 g/mol. The van der Waals surface area contributed by atoms with Gasteiger partial charge in [0.2, 0.25) is 5.91 Å². The van der Waals surface area contributed by atoms with Crippen LogP contribution in [-0.4, -0.2) is 60.4 Å². The number of benzene rings is 1. The molecule has 1 saturated heterocycles. The highest BCUT2D eigenvalue weighted by molar-refractivity contribution is 7.99. The van der Waals surface area contributed by atoms with Crippen molar-refractivity contribution < 1.29 is 18.0 Å². The van der Waals surface area contributed by atoms with Crippen LogP contribution in [0.15, 0.2) is 30.3 Å². The van der Waals surface area contributed by atoms with Crippen molar-refractivity contribution in [3.8, 4) is 0 Å². The van der Waals surface area contributed by atoms with Gasteiger partial charge in [-0.2, -0.15) is 13.2 Å². The van der Waals surface area contributed by atoms with Crippen LogP contribution >= 0.6 is 11.8 Å². The Hall–Kier alpha value is -1.21. The van der Waals surface area contributed by atoms with Gasteiger partial charge in [0, 0.05) is 31.9 Å². The first-order chi connectivity index (χ1) is 10.4. The van der Waals surface area contributed by atoms with Gasteiger partial charge in [-0.15, -0.1) is 11.8 Å². The highest BCUT2D eigenvalue weighted by Crippen LogP contribution is 2.18. The third-order valence-corrected chi connectivity index (χ3v) is 4.45. The van der Waals surface area contributed by atoms with Crippen LogP contribution in [0.1, 0.15) is 5.56 Å². The highest BCUT2D eigenvalue weighted by Gasteiger charge is 2.32. The Morgan fingerprint density at radius 3 is 2.32 bits per heavy atom. The minimum Gasteiger partial charge on any atom is -0.339 e. The van der Waals surface area contributed by atoms with E-state index < -0.39 is 12.7 Å². The Bertz CT molecular complexity index is 473. The van der Waals surface area contributed by atoms with E-state index in [1.54, 1.807) is 4.90 Å². The predicted octanol–water partition coefficient (Wildman–Crippen LogP) is 2.63. The lowest BCUT2D eigenvalue weighted by Gasteiger charge is -2.35. The number of halogens is 3. The van der Waals surface area contributed by atoms with Crippen LogP contribution in [0.2, 0.25) is 0 Å². The van der Waals surface area contributed by atoms with Crippen LogP contribution in [0, 0.1) is 0 Å². The lowest BCUT2D eigenvalue weighted by molar-refractivity contribution is -0.151. The van der Waals surface area contributed by atoms with Crippen molar-refractivity contribution in [3.63, 3.8) is 0 Å². The van der Waals surface area contributed by atoms with Crippen molar-refractivity contribution in [2.75, 3.05) is 38.5 Å². The Balaban J connectivity index is 1.67. The summed E-state index contributed by atoms with van der Waals surface area (Å²) < 4.78 is 36.9. The van der Waals surface area contributed by atoms with Crippen LogP contribution in [0.25, 0.3) is 0 Å². The van der Waals surface area contributed by atoms with E-state index in [-0.39, 0.29) is 19.0 Å². The average Bonchev–Trinajstić information content (AvgIpc) is 2.47. The second kappa shape index (κ2) is 7.87. The zero-order valence-corrected chi connectivity index (χ0v) is 13.0. The molecule has 1 fully saturated rings. The number of piperazine rings is 1. The van der Waals surface area contributed by atoms with Crippen molar-refractivity contribution in [2.24, 2.45) is 0 Å². The molecule has 1 aromatic carbocycles. The summed E-state index contributed by atoms with van der Waals surface area (Å²) >= 11 is 1.53. The molecule has 0 aliphatic carbocycles. The molecule has 3 nitrogen and oxygen atoms in total. The summed E-state index contributed by atoms with van der Waals surface area (Å²) in [5, 5.41) is 0. The quantitative estimate of drug-likeness (QED) is 0.828. The maximum Gasteiger partial charge on any atom is 0.401 e. The van der Waals surface area contributed by atoms with E-state index in [2.05, 4.69) is 0 Å². The summed E-state index contributed by atoms with van der Waals surface area (Å²) in [4.78, 5) is 15.1. The number of nitrogens with zero attached hydrogens (tertiary/aromatic N) is 2. The Morgan fingerprint density at radius 2 is 1.73 bits per heavy atom. The second-order valence-corrected chi connectivity index (χ2v) is 6.24. The van der Waals surface area contributed by atoms with Crippen LogP contribution < -0.4 is 0 Å². The largest absolute Gasteiger partial charge is 0.401 e. The number of alkyl halides is 3. The van der Waals surface area contributed by atoms with Crippen molar-refractivity contribution in [2.45, 2.75) is 11.9 Å². The second-order valence-electron chi connectivity index (χ2n) is 5.25. The van der Waals surface area contributed by atoms with E-state index in [0.717, 1.165) is 11.3 Å². The van der Waals surface area contributed by atoms with Crippen LogP contribution in [-0.2, 0) is 10.5 Å². The first kappa shape index (κ1) is 17.1. The minimum absolute atomic E-state index is 0.00703. The van der Waals surface area contributed by atoms with Gasteiger partial charge in [-0.05, 0) is 5.56 Å². The van der Waals surface area contributed by atoms with E-state index in [0.29, 0.717) is 18.8 Å². The lowest BCUT2D eigenvalue weighted by atomic mass is 10.2. The van der Waals surface area contributed by atoms with Gasteiger partial charge in [-0.1, -0.05) is 30.3 Å². The summed E-state index contributed by atoms with van der Waals surface area (Å²) in [6.45, 7) is 0.433. The number of carbonyl (C=O) groups excluding carboxylic acids is 1. The maximum absolute atomic E-state index is 12.3. The molecule has 0 radical (unpaired) electrons. The first-order valence-corrected chi connectivity index (χ1v) is 8.28. The fourth-order valence-electron chi connectivity index (χ4n) is 2.33. The highest BCUT2D eigenvalue weighted by atomic mass is 32.2. The fraction of sp³-hybridized carbons (Fsp3) is 0.533. The van der Waals surface area contributed by atoms with Gasteiger partial charge < -0.3 is 4.90 Å². The smallest absolute Gasteiger partial charge is 0.339 e. The SMILES string of the molecule is O=C(CSCc1ccccc1)N1CCN(CC(F)(F)F)CC1. The van der Waals surface area contributed by atoms with Gasteiger partial charge in [0.1, 0.15) is 0 Å². The fourth-order valence-corrected chi connectivity index (χ4v) is 3.22. The molecule has 7 heteroatoms. The molecule has 0 N–H and O–H groups in total. The van der Waals surface area contributed by atoms with Crippen molar-refractivity contribution in [1.82, 2.24) is 9.80 Å². The Kier molecular flexibility index (Phi) is 6.14. The van der Waals surface area contributed by atoms with Crippen molar-refractivity contribution >= 4 is 17.7 Å². The molecule has 0 aromatic heterocycles. The molecule has 2 rings (SSSR count). The lowest BCUT2D eigenvalue weighted by Crippen LogP contribution is -2.51. The van der Waals surface area contributed by atoms with E-state index in [1.807, 2.05) is 30.3 Å². The number of amides is 1. The minimum atomic E-state index is -4.17. The predicted molar refractivity (Wildman–Crippen MR) is 81.7 cm³/mol. The summed E-state index contributed by atoms with van der Waals surface area (Å²) in [6, 6.07) is 9.87. The molecule has 122 valence electrons. The Labute approximate surface area is 132 Å². The summed E-state index contributed by atoms with van der Waals surface area (Å²) in [5.74, 6) is 1.14. The monoisotopic (exact) mass is 332 g/mol. The molecule has 0 saturated carbocycles. The molecule has 1 amide bonds. The summed E-state index contributed by atoms with van der Waals surface area (Å²) in [7, 11) is 0.